The van der Waals surface area contributed by atoms with Crippen LogP contribution in [-0.2, 0) is 14.8 Å². The molecule has 1 heterocycles. The van der Waals surface area contributed by atoms with Gasteiger partial charge in [-0.15, -0.1) is 6.58 Å². The minimum Gasteiger partial charge on any atom is -0.360 e. The molecule has 0 radical (unpaired) electrons. The SMILES string of the molecule is C=CCC[C@@H]1OCN(S(=O)(=O)c2ccc(C)cc2)[C@H]1C. The second-order valence-corrected chi connectivity index (χ2v) is 7.04. The van der Waals surface area contributed by atoms with Gasteiger partial charge < -0.3 is 4.74 Å². The Kier molecular flexibility index (Phi) is 4.62. The van der Waals surface area contributed by atoms with Crippen LogP contribution < -0.4 is 0 Å². The fourth-order valence-corrected chi connectivity index (χ4v) is 3.88. The van der Waals surface area contributed by atoms with Gasteiger partial charge in [-0.3, -0.25) is 0 Å². The first-order valence-electron chi connectivity index (χ1n) is 6.78. The zero-order chi connectivity index (χ0) is 14.8. The summed E-state index contributed by atoms with van der Waals surface area (Å²) >= 11 is 0. The average Bonchev–Trinajstić information content (AvgIpc) is 2.79. The Labute approximate surface area is 121 Å². The van der Waals surface area contributed by atoms with Crippen molar-refractivity contribution < 1.29 is 13.2 Å². The monoisotopic (exact) mass is 295 g/mol. The molecule has 1 fully saturated rings. The number of allylic oxidation sites excluding steroid dienone is 1. The van der Waals surface area contributed by atoms with Crippen LogP contribution in [0.5, 0.6) is 0 Å². The van der Waals surface area contributed by atoms with E-state index in [-0.39, 0.29) is 18.9 Å². The summed E-state index contributed by atoms with van der Waals surface area (Å²) in [5, 5.41) is 0. The topological polar surface area (TPSA) is 46.6 Å². The molecule has 1 aliphatic heterocycles. The molecule has 0 aliphatic carbocycles. The van der Waals surface area contributed by atoms with E-state index in [0.717, 1.165) is 18.4 Å². The highest BCUT2D eigenvalue weighted by molar-refractivity contribution is 7.89. The fourth-order valence-electron chi connectivity index (χ4n) is 2.35. The molecule has 2 atom stereocenters. The van der Waals surface area contributed by atoms with Crippen molar-refractivity contribution in [3.8, 4) is 0 Å². The highest BCUT2D eigenvalue weighted by Crippen LogP contribution is 2.27. The predicted octanol–water partition coefficient (Wildman–Crippen LogP) is 2.70. The molecule has 4 nitrogen and oxygen atoms in total. The van der Waals surface area contributed by atoms with Crippen LogP contribution in [0, 0.1) is 6.92 Å². The van der Waals surface area contributed by atoms with Crippen LogP contribution >= 0.6 is 0 Å². The average molecular weight is 295 g/mol. The molecule has 1 aromatic carbocycles. The van der Waals surface area contributed by atoms with Gasteiger partial charge in [0.2, 0.25) is 10.0 Å². The first-order valence-corrected chi connectivity index (χ1v) is 8.22. The van der Waals surface area contributed by atoms with Crippen molar-refractivity contribution >= 4 is 10.0 Å². The number of rotatable bonds is 5. The van der Waals surface area contributed by atoms with Crippen molar-refractivity contribution in [1.82, 2.24) is 4.31 Å². The highest BCUT2D eigenvalue weighted by Gasteiger charge is 2.39. The van der Waals surface area contributed by atoms with Crippen LogP contribution in [0.25, 0.3) is 0 Å². The number of ether oxygens (including phenoxy) is 1. The summed E-state index contributed by atoms with van der Waals surface area (Å²) < 4.78 is 32.2. The fraction of sp³-hybridized carbons (Fsp3) is 0.467. The molecule has 0 unspecified atom stereocenters. The lowest BCUT2D eigenvalue weighted by Gasteiger charge is -2.21. The number of sulfonamides is 1. The van der Waals surface area contributed by atoms with Crippen molar-refractivity contribution in [1.29, 1.82) is 0 Å². The van der Waals surface area contributed by atoms with Crippen molar-refractivity contribution in [2.45, 2.75) is 43.7 Å². The Balaban J connectivity index is 2.18. The Morgan fingerprint density at radius 3 is 2.65 bits per heavy atom. The van der Waals surface area contributed by atoms with Gasteiger partial charge in [0.25, 0.3) is 0 Å². The second kappa shape index (κ2) is 6.08. The lowest BCUT2D eigenvalue weighted by molar-refractivity contribution is 0.0932. The molecule has 110 valence electrons. The zero-order valence-corrected chi connectivity index (χ0v) is 12.8. The normalized spacial score (nSPS) is 23.9. The van der Waals surface area contributed by atoms with E-state index in [9.17, 15) is 8.42 Å². The molecule has 0 bridgehead atoms. The maximum Gasteiger partial charge on any atom is 0.245 e. The number of nitrogens with zero attached hydrogens (tertiary/aromatic N) is 1. The van der Waals surface area contributed by atoms with E-state index in [1.165, 1.54) is 4.31 Å². The summed E-state index contributed by atoms with van der Waals surface area (Å²) in [6, 6.07) is 6.76. The van der Waals surface area contributed by atoms with Gasteiger partial charge in [-0.05, 0) is 38.8 Å². The molecular formula is C15H21NO3S. The third-order valence-corrected chi connectivity index (χ3v) is 5.61. The van der Waals surface area contributed by atoms with Gasteiger partial charge >= 0.3 is 0 Å². The molecule has 0 spiro atoms. The van der Waals surface area contributed by atoms with E-state index in [2.05, 4.69) is 6.58 Å². The Morgan fingerprint density at radius 1 is 1.40 bits per heavy atom. The molecular weight excluding hydrogens is 274 g/mol. The standard InChI is InChI=1S/C15H21NO3S/c1-4-5-6-15-13(3)16(11-19-15)20(17,18)14-9-7-12(2)8-10-14/h4,7-10,13,15H,1,5-6,11H2,2-3H3/t13-,15-/m0/s1. The maximum atomic E-state index is 12.6. The molecule has 0 amide bonds. The van der Waals surface area contributed by atoms with Crippen LogP contribution in [0.4, 0.5) is 0 Å². The van der Waals surface area contributed by atoms with Gasteiger partial charge in [0.15, 0.2) is 0 Å². The van der Waals surface area contributed by atoms with Gasteiger partial charge in [-0.25, -0.2) is 8.42 Å². The largest absolute Gasteiger partial charge is 0.360 e. The van der Waals surface area contributed by atoms with Gasteiger partial charge in [0.1, 0.15) is 6.73 Å². The first kappa shape index (κ1) is 15.2. The van der Waals surface area contributed by atoms with Gasteiger partial charge in [-0.1, -0.05) is 23.8 Å². The number of benzene rings is 1. The van der Waals surface area contributed by atoms with Crippen molar-refractivity contribution in [2.24, 2.45) is 0 Å². The molecule has 1 aliphatic rings. The highest BCUT2D eigenvalue weighted by atomic mass is 32.2. The van der Waals surface area contributed by atoms with E-state index in [1.807, 2.05) is 32.1 Å². The maximum absolute atomic E-state index is 12.6. The predicted molar refractivity (Wildman–Crippen MR) is 78.8 cm³/mol. The third kappa shape index (κ3) is 2.95. The Morgan fingerprint density at radius 2 is 2.05 bits per heavy atom. The van der Waals surface area contributed by atoms with Gasteiger partial charge in [0.05, 0.1) is 17.0 Å². The van der Waals surface area contributed by atoms with E-state index in [0.29, 0.717) is 4.90 Å². The molecule has 0 aromatic heterocycles. The molecule has 2 rings (SSSR count). The van der Waals surface area contributed by atoms with Crippen molar-refractivity contribution in [3.05, 3.63) is 42.5 Å². The smallest absolute Gasteiger partial charge is 0.245 e. The van der Waals surface area contributed by atoms with Crippen LogP contribution in [0.2, 0.25) is 0 Å². The summed E-state index contributed by atoms with van der Waals surface area (Å²) in [5.74, 6) is 0. The van der Waals surface area contributed by atoms with Gasteiger partial charge in [0, 0.05) is 0 Å². The number of hydrogen-bond donors (Lipinski definition) is 0. The summed E-state index contributed by atoms with van der Waals surface area (Å²) in [5.41, 5.74) is 1.04. The van der Waals surface area contributed by atoms with Crippen LogP contribution in [0.15, 0.2) is 41.8 Å². The van der Waals surface area contributed by atoms with E-state index in [4.69, 9.17) is 4.74 Å². The van der Waals surface area contributed by atoms with Gasteiger partial charge in [-0.2, -0.15) is 4.31 Å². The van der Waals surface area contributed by atoms with E-state index >= 15 is 0 Å². The third-order valence-electron chi connectivity index (χ3n) is 3.69. The lowest BCUT2D eigenvalue weighted by Crippen LogP contribution is -2.37. The van der Waals surface area contributed by atoms with Crippen molar-refractivity contribution in [3.63, 3.8) is 0 Å². The lowest BCUT2D eigenvalue weighted by atomic mass is 10.1. The number of hydrogen-bond acceptors (Lipinski definition) is 3. The molecule has 5 heteroatoms. The Hall–Kier alpha value is -1.17. The minimum atomic E-state index is -3.48. The van der Waals surface area contributed by atoms with Crippen LogP contribution in [0.3, 0.4) is 0 Å². The van der Waals surface area contributed by atoms with E-state index in [1.54, 1.807) is 12.1 Å². The molecule has 20 heavy (non-hydrogen) atoms. The Bertz CT molecular complexity index is 565. The summed E-state index contributed by atoms with van der Waals surface area (Å²) in [4.78, 5) is 0.322. The van der Waals surface area contributed by atoms with Crippen LogP contribution in [0.1, 0.15) is 25.3 Å². The van der Waals surface area contributed by atoms with Crippen molar-refractivity contribution in [2.75, 3.05) is 6.73 Å². The molecule has 1 aromatic rings. The molecule has 0 saturated carbocycles. The quantitative estimate of drug-likeness (QED) is 0.785. The zero-order valence-electron chi connectivity index (χ0n) is 12.0. The first-order chi connectivity index (χ1) is 9.46. The minimum absolute atomic E-state index is 0.0618. The summed E-state index contributed by atoms with van der Waals surface area (Å²) in [6.07, 6.45) is 3.39. The second-order valence-electron chi connectivity index (χ2n) is 5.15. The molecule has 1 saturated heterocycles. The van der Waals surface area contributed by atoms with Crippen LogP contribution in [-0.4, -0.2) is 31.6 Å². The summed E-state index contributed by atoms with van der Waals surface area (Å²) in [7, 11) is -3.48. The van der Waals surface area contributed by atoms with E-state index < -0.39 is 10.0 Å². The number of aryl methyl sites for hydroxylation is 1. The molecule has 0 N–H and O–H groups in total. The summed E-state index contributed by atoms with van der Waals surface area (Å²) in [6.45, 7) is 7.64.